The van der Waals surface area contributed by atoms with Crippen molar-refractivity contribution in [2.45, 2.75) is 57.5 Å². The first-order valence-corrected chi connectivity index (χ1v) is 6.57. The van der Waals surface area contributed by atoms with Crippen molar-refractivity contribution in [1.29, 1.82) is 0 Å². The molecule has 2 aliphatic rings. The highest BCUT2D eigenvalue weighted by atomic mass is 15.2. The van der Waals surface area contributed by atoms with E-state index in [0.717, 1.165) is 12.0 Å². The van der Waals surface area contributed by atoms with Crippen molar-refractivity contribution in [1.82, 2.24) is 10.2 Å². The van der Waals surface area contributed by atoms with Crippen LogP contribution in [0.25, 0.3) is 0 Å². The molecule has 88 valence electrons. The van der Waals surface area contributed by atoms with Crippen molar-refractivity contribution < 1.29 is 0 Å². The first-order chi connectivity index (χ1) is 7.16. The summed E-state index contributed by atoms with van der Waals surface area (Å²) < 4.78 is 0. The fourth-order valence-corrected chi connectivity index (χ4v) is 3.64. The van der Waals surface area contributed by atoms with Crippen LogP contribution in [0.5, 0.6) is 0 Å². The molecule has 1 N–H and O–H groups in total. The highest BCUT2D eigenvalue weighted by Crippen LogP contribution is 2.39. The summed E-state index contributed by atoms with van der Waals surface area (Å²) in [6.45, 7) is 7.39. The zero-order valence-electron chi connectivity index (χ0n) is 10.6. The number of hydrogen-bond acceptors (Lipinski definition) is 2. The highest BCUT2D eigenvalue weighted by Gasteiger charge is 2.43. The Kier molecular flexibility index (Phi) is 3.36. The number of nitrogens with one attached hydrogen (secondary N) is 1. The predicted octanol–water partition coefficient (Wildman–Crippen LogP) is 2.25. The van der Waals surface area contributed by atoms with E-state index < -0.39 is 0 Å². The largest absolute Gasteiger partial charge is 0.319 e. The van der Waals surface area contributed by atoms with E-state index >= 15 is 0 Å². The van der Waals surface area contributed by atoms with Gasteiger partial charge in [0.25, 0.3) is 0 Å². The van der Waals surface area contributed by atoms with Crippen molar-refractivity contribution in [2.24, 2.45) is 5.92 Å². The van der Waals surface area contributed by atoms with E-state index in [9.17, 15) is 0 Å². The molecular formula is C13H26N2. The fraction of sp³-hybridized carbons (Fsp3) is 1.00. The van der Waals surface area contributed by atoms with Gasteiger partial charge in [-0.2, -0.15) is 0 Å². The molecule has 1 heterocycles. The Labute approximate surface area is 94.4 Å². The van der Waals surface area contributed by atoms with Gasteiger partial charge in [-0.3, -0.25) is 4.90 Å². The van der Waals surface area contributed by atoms with Crippen LogP contribution in [0, 0.1) is 5.92 Å². The van der Waals surface area contributed by atoms with Crippen molar-refractivity contribution in [3.05, 3.63) is 0 Å². The molecule has 1 aliphatic carbocycles. The first kappa shape index (κ1) is 11.4. The van der Waals surface area contributed by atoms with E-state index in [1.807, 2.05) is 0 Å². The molecule has 0 spiro atoms. The molecule has 2 nitrogen and oxygen atoms in total. The molecule has 0 radical (unpaired) electrons. The topological polar surface area (TPSA) is 15.3 Å². The summed E-state index contributed by atoms with van der Waals surface area (Å²) in [4.78, 5) is 2.79. The van der Waals surface area contributed by atoms with Crippen molar-refractivity contribution in [2.75, 3.05) is 20.1 Å². The molecule has 0 aromatic heterocycles. The van der Waals surface area contributed by atoms with Crippen LogP contribution in [0.4, 0.5) is 0 Å². The predicted molar refractivity (Wildman–Crippen MR) is 65.1 cm³/mol. The summed E-state index contributed by atoms with van der Waals surface area (Å²) in [5, 5.41) is 3.35. The van der Waals surface area contributed by atoms with Crippen LogP contribution in [-0.2, 0) is 0 Å². The van der Waals surface area contributed by atoms with E-state index in [1.165, 1.54) is 45.2 Å². The van der Waals surface area contributed by atoms with E-state index in [4.69, 9.17) is 0 Å². The Bertz CT molecular complexity index is 207. The van der Waals surface area contributed by atoms with E-state index in [1.54, 1.807) is 0 Å². The second-order valence-electron chi connectivity index (χ2n) is 5.83. The molecule has 15 heavy (non-hydrogen) atoms. The van der Waals surface area contributed by atoms with Gasteiger partial charge >= 0.3 is 0 Å². The Morgan fingerprint density at radius 1 is 1.20 bits per heavy atom. The third-order valence-electron chi connectivity index (χ3n) is 4.67. The molecule has 0 aromatic rings. The second kappa shape index (κ2) is 4.42. The molecule has 1 saturated heterocycles. The van der Waals surface area contributed by atoms with Gasteiger partial charge in [-0.15, -0.1) is 0 Å². The molecular weight excluding hydrogens is 184 g/mol. The smallest absolute Gasteiger partial charge is 0.0196 e. The molecule has 1 atom stereocenters. The lowest BCUT2D eigenvalue weighted by atomic mass is 9.87. The zero-order chi connectivity index (χ0) is 10.9. The fourth-order valence-electron chi connectivity index (χ4n) is 3.64. The number of nitrogens with zero attached hydrogens (tertiary/aromatic N) is 1. The lowest BCUT2D eigenvalue weighted by Crippen LogP contribution is -2.49. The van der Waals surface area contributed by atoms with Gasteiger partial charge in [-0.05, 0) is 59.2 Å². The molecule has 2 fully saturated rings. The molecule has 1 unspecified atom stereocenters. The minimum Gasteiger partial charge on any atom is -0.319 e. The molecule has 1 saturated carbocycles. The normalized spacial score (nSPS) is 32.6. The Balaban J connectivity index is 2.01. The SMILES string of the molecule is CNCC1CCN(C2CCCC2)C1(C)C. The summed E-state index contributed by atoms with van der Waals surface area (Å²) in [5.41, 5.74) is 0.415. The Morgan fingerprint density at radius 2 is 1.87 bits per heavy atom. The van der Waals surface area contributed by atoms with Crippen LogP contribution in [-0.4, -0.2) is 36.6 Å². The molecule has 2 heteroatoms. The lowest BCUT2D eigenvalue weighted by Gasteiger charge is -2.40. The average molecular weight is 210 g/mol. The summed E-state index contributed by atoms with van der Waals surface area (Å²) in [5.74, 6) is 0.836. The standard InChI is InChI=1S/C13H26N2/c1-13(2)11(10-14-3)8-9-15(13)12-6-4-5-7-12/h11-12,14H,4-10H2,1-3H3. The third kappa shape index (κ3) is 2.07. The Hall–Kier alpha value is -0.0800. The lowest BCUT2D eigenvalue weighted by molar-refractivity contribution is 0.0908. The molecule has 2 rings (SSSR count). The maximum absolute atomic E-state index is 3.35. The van der Waals surface area contributed by atoms with Gasteiger partial charge in [0, 0.05) is 11.6 Å². The van der Waals surface area contributed by atoms with Crippen LogP contribution >= 0.6 is 0 Å². The maximum Gasteiger partial charge on any atom is 0.0196 e. The highest BCUT2D eigenvalue weighted by molar-refractivity contribution is 4.99. The maximum atomic E-state index is 3.35. The van der Waals surface area contributed by atoms with Gasteiger partial charge in [0.05, 0.1) is 0 Å². The van der Waals surface area contributed by atoms with E-state index in [2.05, 4.69) is 31.1 Å². The summed E-state index contributed by atoms with van der Waals surface area (Å²) in [6.07, 6.45) is 7.16. The second-order valence-corrected chi connectivity index (χ2v) is 5.83. The van der Waals surface area contributed by atoms with Gasteiger partial charge in [-0.25, -0.2) is 0 Å². The van der Waals surface area contributed by atoms with Gasteiger partial charge in [0.2, 0.25) is 0 Å². The molecule has 0 amide bonds. The van der Waals surface area contributed by atoms with Crippen LogP contribution < -0.4 is 5.32 Å². The van der Waals surface area contributed by atoms with Crippen molar-refractivity contribution in [3.63, 3.8) is 0 Å². The van der Waals surface area contributed by atoms with E-state index in [-0.39, 0.29) is 0 Å². The third-order valence-corrected chi connectivity index (χ3v) is 4.67. The van der Waals surface area contributed by atoms with Gasteiger partial charge in [-0.1, -0.05) is 12.8 Å². The number of hydrogen-bond donors (Lipinski definition) is 1. The van der Waals surface area contributed by atoms with Crippen LogP contribution in [0.2, 0.25) is 0 Å². The first-order valence-electron chi connectivity index (χ1n) is 6.57. The summed E-state index contributed by atoms with van der Waals surface area (Å²) in [6, 6.07) is 0.891. The van der Waals surface area contributed by atoms with E-state index in [0.29, 0.717) is 5.54 Å². The van der Waals surface area contributed by atoms with Crippen molar-refractivity contribution in [3.8, 4) is 0 Å². The molecule has 0 aromatic carbocycles. The van der Waals surface area contributed by atoms with Crippen LogP contribution in [0.1, 0.15) is 46.0 Å². The Morgan fingerprint density at radius 3 is 2.47 bits per heavy atom. The summed E-state index contributed by atoms with van der Waals surface area (Å²) in [7, 11) is 2.08. The van der Waals surface area contributed by atoms with Crippen LogP contribution in [0.15, 0.2) is 0 Å². The van der Waals surface area contributed by atoms with Gasteiger partial charge < -0.3 is 5.32 Å². The van der Waals surface area contributed by atoms with Gasteiger partial charge in [0.1, 0.15) is 0 Å². The molecule has 0 bridgehead atoms. The minimum absolute atomic E-state index is 0.415. The quantitative estimate of drug-likeness (QED) is 0.768. The average Bonchev–Trinajstić information content (AvgIpc) is 2.76. The number of likely N-dealkylation sites (tertiary alicyclic amines) is 1. The van der Waals surface area contributed by atoms with Gasteiger partial charge in [0.15, 0.2) is 0 Å². The van der Waals surface area contributed by atoms with Crippen molar-refractivity contribution >= 4 is 0 Å². The zero-order valence-corrected chi connectivity index (χ0v) is 10.6. The summed E-state index contributed by atoms with van der Waals surface area (Å²) >= 11 is 0. The minimum atomic E-state index is 0.415. The number of rotatable bonds is 3. The van der Waals surface area contributed by atoms with Crippen LogP contribution in [0.3, 0.4) is 0 Å². The monoisotopic (exact) mass is 210 g/mol. The molecule has 1 aliphatic heterocycles.